The van der Waals surface area contributed by atoms with Crippen molar-refractivity contribution in [2.75, 3.05) is 0 Å². The Morgan fingerprint density at radius 1 is 1.19 bits per heavy atom. The Bertz CT molecular complexity index is 1120. The number of oxime groups is 1. The molecule has 8 heteroatoms. The van der Waals surface area contributed by atoms with E-state index in [0.29, 0.717) is 28.0 Å². The van der Waals surface area contributed by atoms with Crippen molar-refractivity contribution >= 4 is 23.2 Å². The minimum absolute atomic E-state index is 0.0572. The minimum Gasteiger partial charge on any atom is -0.384 e. The fraction of sp³-hybridized carbons (Fsp3) is 0.261. The smallest absolute Gasteiger partial charge is 0.260 e. The van der Waals surface area contributed by atoms with E-state index in [9.17, 15) is 4.39 Å². The van der Waals surface area contributed by atoms with E-state index >= 15 is 0 Å². The highest BCUT2D eigenvalue weighted by atomic mass is 35.5. The molecular weight excluding hydrogens is 419 g/mol. The lowest BCUT2D eigenvalue weighted by atomic mass is 9.97. The molecule has 1 atom stereocenters. The van der Waals surface area contributed by atoms with Gasteiger partial charge in [0.2, 0.25) is 0 Å². The maximum absolute atomic E-state index is 14.0. The quantitative estimate of drug-likeness (QED) is 0.210. The molecule has 0 saturated heterocycles. The van der Waals surface area contributed by atoms with Crippen LogP contribution >= 0.6 is 11.6 Å². The van der Waals surface area contributed by atoms with E-state index in [1.54, 1.807) is 24.3 Å². The van der Waals surface area contributed by atoms with Gasteiger partial charge in [0.15, 0.2) is 11.6 Å². The van der Waals surface area contributed by atoms with E-state index in [1.807, 2.05) is 45.9 Å². The fourth-order valence-corrected chi connectivity index (χ4v) is 3.22. The average Bonchev–Trinajstić information content (AvgIpc) is 3.24. The van der Waals surface area contributed by atoms with Crippen molar-refractivity contribution in [2.24, 2.45) is 16.8 Å². The zero-order chi connectivity index (χ0) is 22.5. The molecule has 0 aliphatic carbocycles. The van der Waals surface area contributed by atoms with Gasteiger partial charge in [-0.2, -0.15) is 4.98 Å². The average molecular weight is 443 g/mol. The number of aromatic nitrogens is 2. The number of nitrogens with two attached hydrogens (primary N) is 1. The molecule has 1 heterocycles. The van der Waals surface area contributed by atoms with Crippen molar-refractivity contribution in [2.45, 2.75) is 33.6 Å². The Hall–Kier alpha value is -3.19. The molecule has 0 saturated carbocycles. The molecule has 3 aromatic rings. The number of amidine groups is 1. The Labute approximate surface area is 185 Å². The van der Waals surface area contributed by atoms with Gasteiger partial charge in [-0.05, 0) is 36.8 Å². The molecular formula is C23H24ClFN4O2. The molecule has 1 aromatic heterocycles. The first kappa shape index (κ1) is 22.5. The lowest BCUT2D eigenvalue weighted by Crippen LogP contribution is -2.18. The maximum Gasteiger partial charge on any atom is 0.260 e. The van der Waals surface area contributed by atoms with Crippen LogP contribution in [0.1, 0.15) is 50.6 Å². The van der Waals surface area contributed by atoms with Crippen LogP contribution in [0.25, 0.3) is 17.2 Å². The van der Waals surface area contributed by atoms with Gasteiger partial charge >= 0.3 is 0 Å². The van der Waals surface area contributed by atoms with Crippen molar-refractivity contribution in [3.63, 3.8) is 0 Å². The molecule has 0 bridgehead atoms. The highest BCUT2D eigenvalue weighted by molar-refractivity contribution is 6.33. The van der Waals surface area contributed by atoms with Crippen LogP contribution in [-0.2, 0) is 4.84 Å². The molecule has 2 N–H and O–H groups in total. The molecule has 3 rings (SSSR count). The summed E-state index contributed by atoms with van der Waals surface area (Å²) in [4.78, 5) is 9.92. The van der Waals surface area contributed by atoms with E-state index in [1.165, 1.54) is 6.07 Å². The second-order valence-electron chi connectivity index (χ2n) is 7.28. The van der Waals surface area contributed by atoms with Crippen LogP contribution in [0.15, 0.2) is 58.2 Å². The van der Waals surface area contributed by atoms with Crippen molar-refractivity contribution < 1.29 is 13.8 Å². The normalized spacial score (nSPS) is 13.5. The number of rotatable bonds is 7. The fourth-order valence-electron chi connectivity index (χ4n) is 2.83. The van der Waals surface area contributed by atoms with Crippen LogP contribution in [0, 0.1) is 11.7 Å². The molecule has 162 valence electrons. The van der Waals surface area contributed by atoms with E-state index < -0.39 is 5.82 Å². The summed E-state index contributed by atoms with van der Waals surface area (Å²) in [6.07, 6.45) is 1.76. The van der Waals surface area contributed by atoms with Crippen LogP contribution in [0.3, 0.4) is 0 Å². The largest absolute Gasteiger partial charge is 0.384 e. The summed E-state index contributed by atoms with van der Waals surface area (Å²) in [5.74, 6) is 0.683. The highest BCUT2D eigenvalue weighted by Gasteiger charge is 2.22. The summed E-state index contributed by atoms with van der Waals surface area (Å²) in [5, 5.41) is 8.48. The van der Waals surface area contributed by atoms with Crippen molar-refractivity contribution in [1.82, 2.24) is 10.1 Å². The standard InChI is InChI=1S/C23H24ClFN4O2/c1-5-19(30-28-21(26)13(2)3)17-11-8-10-15(20(17)24)14(4)22-27-23(31-29-22)16-9-6-7-12-18(16)25/h5-14H,1-4H3,(H2,26,28)/b19-5-. The number of nitrogens with zero attached hydrogens (tertiary/aromatic N) is 3. The second kappa shape index (κ2) is 9.75. The number of allylic oxidation sites excluding steroid dienone is 1. The van der Waals surface area contributed by atoms with Crippen LogP contribution in [-0.4, -0.2) is 16.0 Å². The van der Waals surface area contributed by atoms with Gasteiger partial charge in [-0.15, -0.1) is 0 Å². The van der Waals surface area contributed by atoms with Gasteiger partial charge in [-0.25, -0.2) is 4.39 Å². The Kier molecular flexibility index (Phi) is 7.07. The maximum atomic E-state index is 14.0. The third-order valence-corrected chi connectivity index (χ3v) is 5.22. The van der Waals surface area contributed by atoms with Crippen LogP contribution in [0.2, 0.25) is 5.02 Å². The summed E-state index contributed by atoms with van der Waals surface area (Å²) in [5.41, 5.74) is 7.54. The summed E-state index contributed by atoms with van der Waals surface area (Å²) >= 11 is 6.71. The first-order chi connectivity index (χ1) is 14.8. The van der Waals surface area contributed by atoms with Crippen molar-refractivity contribution in [1.29, 1.82) is 0 Å². The summed E-state index contributed by atoms with van der Waals surface area (Å²) in [7, 11) is 0. The SMILES string of the molecule is C/C=C(\O/N=C(\N)C(C)C)c1cccc(C(C)c2noc(-c3ccccc3F)n2)c1Cl. The predicted molar refractivity (Wildman–Crippen MR) is 120 cm³/mol. The molecule has 2 aromatic carbocycles. The lowest BCUT2D eigenvalue weighted by molar-refractivity contribution is 0.294. The first-order valence-corrected chi connectivity index (χ1v) is 10.2. The van der Waals surface area contributed by atoms with E-state index in [4.69, 9.17) is 26.7 Å². The zero-order valence-corrected chi connectivity index (χ0v) is 18.5. The molecule has 0 aliphatic heterocycles. The van der Waals surface area contributed by atoms with Gasteiger partial charge in [0.1, 0.15) is 11.7 Å². The first-order valence-electron chi connectivity index (χ1n) is 9.87. The van der Waals surface area contributed by atoms with Crippen LogP contribution in [0.4, 0.5) is 4.39 Å². The van der Waals surface area contributed by atoms with E-state index in [0.717, 1.165) is 5.56 Å². The minimum atomic E-state index is -0.429. The van der Waals surface area contributed by atoms with Gasteiger partial charge in [-0.1, -0.05) is 66.9 Å². The summed E-state index contributed by atoms with van der Waals surface area (Å²) in [6.45, 7) is 7.56. The number of benzene rings is 2. The highest BCUT2D eigenvalue weighted by Crippen LogP contribution is 2.35. The molecule has 0 spiro atoms. The third-order valence-electron chi connectivity index (χ3n) is 4.80. The molecule has 6 nitrogen and oxygen atoms in total. The third kappa shape index (κ3) is 4.94. The number of hydrogen-bond acceptors (Lipinski definition) is 5. The molecule has 1 unspecified atom stereocenters. The van der Waals surface area contributed by atoms with Crippen LogP contribution in [0.5, 0.6) is 0 Å². The van der Waals surface area contributed by atoms with Gasteiger partial charge in [0, 0.05) is 17.4 Å². The zero-order valence-electron chi connectivity index (χ0n) is 17.8. The lowest BCUT2D eigenvalue weighted by Gasteiger charge is -2.14. The number of hydrogen-bond donors (Lipinski definition) is 1. The molecule has 0 amide bonds. The van der Waals surface area contributed by atoms with Crippen molar-refractivity contribution in [3.8, 4) is 11.5 Å². The summed E-state index contributed by atoms with van der Waals surface area (Å²) in [6, 6.07) is 11.8. The Morgan fingerprint density at radius 3 is 2.61 bits per heavy atom. The molecule has 31 heavy (non-hydrogen) atoms. The van der Waals surface area contributed by atoms with Gasteiger partial charge < -0.3 is 15.1 Å². The second-order valence-corrected chi connectivity index (χ2v) is 7.66. The van der Waals surface area contributed by atoms with Gasteiger partial charge in [-0.3, -0.25) is 0 Å². The Balaban J connectivity index is 1.91. The van der Waals surface area contributed by atoms with Crippen molar-refractivity contribution in [3.05, 3.63) is 76.3 Å². The topological polar surface area (TPSA) is 86.5 Å². The van der Waals surface area contributed by atoms with E-state index in [2.05, 4.69) is 15.3 Å². The summed E-state index contributed by atoms with van der Waals surface area (Å²) < 4.78 is 19.3. The number of halogens is 2. The Morgan fingerprint density at radius 2 is 1.94 bits per heavy atom. The molecule has 0 fully saturated rings. The predicted octanol–water partition coefficient (Wildman–Crippen LogP) is 5.99. The monoisotopic (exact) mass is 442 g/mol. The van der Waals surface area contributed by atoms with E-state index in [-0.39, 0.29) is 23.3 Å². The molecule has 0 radical (unpaired) electrons. The van der Waals surface area contributed by atoms with Crippen LogP contribution < -0.4 is 5.73 Å². The van der Waals surface area contributed by atoms with Gasteiger partial charge in [0.05, 0.1) is 10.6 Å². The van der Waals surface area contributed by atoms with Gasteiger partial charge in [0.25, 0.3) is 5.89 Å². The molecule has 0 aliphatic rings.